The van der Waals surface area contributed by atoms with Gasteiger partial charge in [-0.2, -0.15) is 11.8 Å². The molecular formula is C11H22N2S2. The molecule has 0 saturated carbocycles. The van der Waals surface area contributed by atoms with Gasteiger partial charge in [0.15, 0.2) is 5.17 Å². The third kappa shape index (κ3) is 4.68. The zero-order chi connectivity index (χ0) is 11.3. The topological polar surface area (TPSA) is 24.4 Å². The summed E-state index contributed by atoms with van der Waals surface area (Å²) in [5, 5.41) is 4.65. The van der Waals surface area contributed by atoms with Gasteiger partial charge in [0.2, 0.25) is 0 Å². The van der Waals surface area contributed by atoms with E-state index in [0.717, 1.165) is 10.9 Å². The van der Waals surface area contributed by atoms with Crippen molar-refractivity contribution in [1.82, 2.24) is 5.32 Å². The molecule has 1 aliphatic heterocycles. The molecule has 2 nitrogen and oxygen atoms in total. The fourth-order valence-corrected chi connectivity index (χ4v) is 3.22. The van der Waals surface area contributed by atoms with E-state index in [9.17, 15) is 0 Å². The quantitative estimate of drug-likeness (QED) is 0.825. The van der Waals surface area contributed by atoms with Crippen LogP contribution in [0.1, 0.15) is 27.2 Å². The lowest BCUT2D eigenvalue weighted by Gasteiger charge is -2.25. The smallest absolute Gasteiger partial charge is 0.157 e. The average molecular weight is 246 g/mol. The number of nitrogens with one attached hydrogen (secondary N) is 1. The number of aliphatic imine (C=N–C) groups is 1. The first-order valence-corrected chi connectivity index (χ1v) is 7.97. The van der Waals surface area contributed by atoms with Crippen molar-refractivity contribution in [2.75, 3.05) is 17.8 Å². The van der Waals surface area contributed by atoms with Gasteiger partial charge in [0, 0.05) is 17.5 Å². The molecular weight excluding hydrogens is 224 g/mol. The third-order valence-corrected chi connectivity index (χ3v) is 4.26. The van der Waals surface area contributed by atoms with Gasteiger partial charge in [0.05, 0.1) is 6.04 Å². The van der Waals surface area contributed by atoms with Crippen molar-refractivity contribution < 1.29 is 0 Å². The van der Waals surface area contributed by atoms with Gasteiger partial charge in [-0.3, -0.25) is 4.99 Å². The molecule has 1 N–H and O–H groups in total. The van der Waals surface area contributed by atoms with E-state index in [0.29, 0.717) is 18.0 Å². The van der Waals surface area contributed by atoms with Crippen LogP contribution in [0.5, 0.6) is 0 Å². The normalized spacial score (nSPS) is 23.8. The Morgan fingerprint density at radius 2 is 2.27 bits per heavy atom. The molecule has 4 heteroatoms. The molecule has 0 amide bonds. The van der Waals surface area contributed by atoms with Crippen LogP contribution in [0, 0.1) is 5.92 Å². The highest BCUT2D eigenvalue weighted by Crippen LogP contribution is 2.21. The van der Waals surface area contributed by atoms with Crippen molar-refractivity contribution >= 4 is 28.7 Å². The molecule has 88 valence electrons. The molecule has 0 aromatic carbocycles. The van der Waals surface area contributed by atoms with Crippen LogP contribution in [0.2, 0.25) is 0 Å². The number of rotatable bonds is 4. The summed E-state index contributed by atoms with van der Waals surface area (Å²) >= 11 is 3.75. The summed E-state index contributed by atoms with van der Waals surface area (Å²) in [6.45, 7) is 6.73. The molecule has 0 radical (unpaired) electrons. The molecule has 1 aliphatic rings. The Bertz CT molecular complexity index is 217. The lowest BCUT2D eigenvalue weighted by Crippen LogP contribution is -2.36. The lowest BCUT2D eigenvalue weighted by molar-refractivity contribution is 0.482. The summed E-state index contributed by atoms with van der Waals surface area (Å²) in [5.74, 6) is 3.02. The highest BCUT2D eigenvalue weighted by atomic mass is 32.2. The summed E-state index contributed by atoms with van der Waals surface area (Å²) in [4.78, 5) is 4.76. The predicted molar refractivity (Wildman–Crippen MR) is 74.1 cm³/mol. The van der Waals surface area contributed by atoms with Gasteiger partial charge in [-0.05, 0) is 25.5 Å². The highest BCUT2D eigenvalue weighted by molar-refractivity contribution is 8.13. The fraction of sp³-hybridized carbons (Fsp3) is 0.909. The number of hydrogen-bond acceptors (Lipinski definition) is 4. The molecule has 1 heterocycles. The molecule has 0 bridgehead atoms. The molecule has 0 aromatic rings. The minimum Gasteiger partial charge on any atom is -0.362 e. The number of thioether (sulfide) groups is 2. The second-order valence-corrected chi connectivity index (χ2v) is 6.38. The Hall–Kier alpha value is 0.170. The number of amidine groups is 1. The van der Waals surface area contributed by atoms with Gasteiger partial charge in [-0.25, -0.2) is 0 Å². The van der Waals surface area contributed by atoms with Crippen LogP contribution in [0.3, 0.4) is 0 Å². The first-order valence-electron chi connectivity index (χ1n) is 5.59. The van der Waals surface area contributed by atoms with Crippen molar-refractivity contribution in [3.8, 4) is 0 Å². The highest BCUT2D eigenvalue weighted by Gasteiger charge is 2.19. The minimum absolute atomic E-state index is 0.523. The van der Waals surface area contributed by atoms with E-state index in [1.807, 2.05) is 23.5 Å². The first-order chi connectivity index (χ1) is 7.13. The Labute approximate surface area is 102 Å². The Balaban J connectivity index is 2.46. The number of hydrogen-bond donors (Lipinski definition) is 1. The van der Waals surface area contributed by atoms with E-state index in [1.165, 1.54) is 12.2 Å². The standard InChI is InChI=1S/C11H22N2S2/c1-8(2)10-5-6-15-11(13-10)12-9(3)7-14-4/h8-10H,5-7H2,1-4H3,(H,12,13). The van der Waals surface area contributed by atoms with Gasteiger partial charge < -0.3 is 5.32 Å². The van der Waals surface area contributed by atoms with E-state index >= 15 is 0 Å². The molecule has 0 aromatic heterocycles. The second-order valence-electron chi connectivity index (χ2n) is 4.38. The molecule has 0 saturated heterocycles. The van der Waals surface area contributed by atoms with Crippen LogP contribution in [-0.2, 0) is 0 Å². The molecule has 0 aliphatic carbocycles. The van der Waals surface area contributed by atoms with Gasteiger partial charge in [0.25, 0.3) is 0 Å². The van der Waals surface area contributed by atoms with Crippen LogP contribution in [-0.4, -0.2) is 35.0 Å². The molecule has 15 heavy (non-hydrogen) atoms. The van der Waals surface area contributed by atoms with E-state index in [-0.39, 0.29) is 0 Å². The van der Waals surface area contributed by atoms with Crippen molar-refractivity contribution in [2.45, 2.75) is 39.3 Å². The largest absolute Gasteiger partial charge is 0.362 e. The third-order valence-electron chi connectivity index (χ3n) is 2.49. The molecule has 2 unspecified atom stereocenters. The van der Waals surface area contributed by atoms with Gasteiger partial charge in [-0.15, -0.1) is 0 Å². The lowest BCUT2D eigenvalue weighted by atomic mass is 10.0. The van der Waals surface area contributed by atoms with Crippen LogP contribution in [0.15, 0.2) is 4.99 Å². The van der Waals surface area contributed by atoms with Crippen molar-refractivity contribution in [1.29, 1.82) is 0 Å². The molecule has 0 spiro atoms. The van der Waals surface area contributed by atoms with Crippen molar-refractivity contribution in [3.63, 3.8) is 0 Å². The molecule has 0 fully saturated rings. The van der Waals surface area contributed by atoms with Gasteiger partial charge in [-0.1, -0.05) is 25.6 Å². The minimum atomic E-state index is 0.523. The Morgan fingerprint density at radius 1 is 1.53 bits per heavy atom. The average Bonchev–Trinajstić information content (AvgIpc) is 2.18. The van der Waals surface area contributed by atoms with Crippen LogP contribution in [0.25, 0.3) is 0 Å². The maximum atomic E-state index is 4.76. The summed E-state index contributed by atoms with van der Waals surface area (Å²) in [6.07, 6.45) is 3.37. The van der Waals surface area contributed by atoms with Crippen LogP contribution >= 0.6 is 23.5 Å². The van der Waals surface area contributed by atoms with E-state index in [2.05, 4.69) is 32.3 Å². The van der Waals surface area contributed by atoms with Crippen molar-refractivity contribution in [2.24, 2.45) is 10.9 Å². The number of nitrogens with zero attached hydrogens (tertiary/aromatic N) is 1. The van der Waals surface area contributed by atoms with Gasteiger partial charge >= 0.3 is 0 Å². The van der Waals surface area contributed by atoms with E-state index in [4.69, 9.17) is 4.99 Å². The zero-order valence-corrected chi connectivity index (χ0v) is 11.8. The summed E-state index contributed by atoms with van der Waals surface area (Å²) < 4.78 is 0. The monoisotopic (exact) mass is 246 g/mol. The van der Waals surface area contributed by atoms with E-state index < -0.39 is 0 Å². The predicted octanol–water partition coefficient (Wildman–Crippen LogP) is 2.85. The van der Waals surface area contributed by atoms with E-state index in [1.54, 1.807) is 0 Å². The van der Waals surface area contributed by atoms with Crippen molar-refractivity contribution in [3.05, 3.63) is 0 Å². The fourth-order valence-electron chi connectivity index (χ4n) is 1.59. The summed E-state index contributed by atoms with van der Waals surface area (Å²) in [7, 11) is 0. The Morgan fingerprint density at radius 3 is 2.87 bits per heavy atom. The zero-order valence-electron chi connectivity index (χ0n) is 10.1. The SMILES string of the molecule is CSCC(C)NC1=NC(C(C)C)CCS1. The molecule has 2 atom stereocenters. The summed E-state index contributed by atoms with van der Waals surface area (Å²) in [5.41, 5.74) is 0. The first kappa shape index (κ1) is 13.2. The second kappa shape index (κ2) is 6.69. The maximum absolute atomic E-state index is 4.76. The summed E-state index contributed by atoms with van der Waals surface area (Å²) in [6, 6.07) is 1.05. The van der Waals surface area contributed by atoms with Crippen LogP contribution < -0.4 is 5.32 Å². The maximum Gasteiger partial charge on any atom is 0.157 e. The Kier molecular flexibility index (Phi) is 5.90. The molecule has 1 rings (SSSR count). The van der Waals surface area contributed by atoms with Gasteiger partial charge in [0.1, 0.15) is 0 Å². The van der Waals surface area contributed by atoms with Crippen LogP contribution in [0.4, 0.5) is 0 Å².